The molecule has 0 heterocycles. The van der Waals surface area contributed by atoms with Gasteiger partial charge in [0, 0.05) is 0 Å². The van der Waals surface area contributed by atoms with E-state index in [9.17, 15) is 4.39 Å². The maximum Gasteiger partial charge on any atom is 0.141 e. The fourth-order valence-corrected chi connectivity index (χ4v) is 1.83. The van der Waals surface area contributed by atoms with Crippen LogP contribution in [-0.4, -0.2) is 6.54 Å². The van der Waals surface area contributed by atoms with Gasteiger partial charge in [-0.3, -0.25) is 0 Å². The molecule has 1 nitrogen and oxygen atoms in total. The number of hydrogen-bond acceptors (Lipinski definition) is 1. The van der Waals surface area contributed by atoms with E-state index in [4.69, 9.17) is 17.3 Å². The summed E-state index contributed by atoms with van der Waals surface area (Å²) in [6, 6.07) is 4.87. The Morgan fingerprint density at radius 1 is 1.44 bits per heavy atom. The summed E-state index contributed by atoms with van der Waals surface area (Å²) in [6.07, 6.45) is 0.821. The monoisotopic (exact) mass is 243 g/mol. The summed E-state index contributed by atoms with van der Waals surface area (Å²) in [5.74, 6) is 0.103. The van der Waals surface area contributed by atoms with Crippen LogP contribution in [0.4, 0.5) is 4.39 Å². The first-order chi connectivity index (χ1) is 7.39. The highest BCUT2D eigenvalue weighted by atomic mass is 35.5. The van der Waals surface area contributed by atoms with Crippen LogP contribution in [0.2, 0.25) is 5.02 Å². The van der Waals surface area contributed by atoms with E-state index in [1.807, 2.05) is 0 Å². The smallest absolute Gasteiger partial charge is 0.141 e. The van der Waals surface area contributed by atoms with Crippen LogP contribution in [-0.2, 0) is 6.42 Å². The van der Waals surface area contributed by atoms with Crippen LogP contribution in [0.5, 0.6) is 0 Å². The van der Waals surface area contributed by atoms with E-state index in [1.54, 1.807) is 12.1 Å². The molecule has 1 rings (SSSR count). The van der Waals surface area contributed by atoms with Gasteiger partial charge in [0.2, 0.25) is 0 Å². The van der Waals surface area contributed by atoms with E-state index in [0.29, 0.717) is 12.5 Å². The van der Waals surface area contributed by atoms with Gasteiger partial charge in [-0.05, 0) is 42.0 Å². The molecular weight excluding hydrogens is 225 g/mol. The van der Waals surface area contributed by atoms with Crippen molar-refractivity contribution in [2.45, 2.75) is 27.2 Å². The van der Waals surface area contributed by atoms with Gasteiger partial charge in [0.25, 0.3) is 0 Å². The molecule has 2 N–H and O–H groups in total. The summed E-state index contributed by atoms with van der Waals surface area (Å²) < 4.78 is 13.0. The first-order valence-electron chi connectivity index (χ1n) is 5.53. The standard InChI is InChI=1S/C13H19ClFN/c1-9(2)13(3,8-16)7-10-4-5-12(15)11(14)6-10/h4-6,9H,7-8,16H2,1-3H3. The first-order valence-corrected chi connectivity index (χ1v) is 5.91. The Morgan fingerprint density at radius 3 is 2.50 bits per heavy atom. The molecule has 1 aromatic rings. The minimum Gasteiger partial charge on any atom is -0.330 e. The Kier molecular flexibility index (Phi) is 4.34. The van der Waals surface area contributed by atoms with Crippen molar-refractivity contribution in [2.75, 3.05) is 6.54 Å². The molecule has 0 spiro atoms. The molecule has 0 amide bonds. The van der Waals surface area contributed by atoms with Crippen molar-refractivity contribution in [3.8, 4) is 0 Å². The van der Waals surface area contributed by atoms with Crippen LogP contribution < -0.4 is 5.73 Å². The summed E-state index contributed by atoms with van der Waals surface area (Å²) >= 11 is 5.76. The van der Waals surface area contributed by atoms with Gasteiger partial charge in [0.1, 0.15) is 5.82 Å². The highest BCUT2D eigenvalue weighted by Gasteiger charge is 2.27. The zero-order valence-corrected chi connectivity index (χ0v) is 10.8. The minimum atomic E-state index is -0.371. The molecule has 0 saturated heterocycles. The molecule has 1 atom stereocenters. The number of halogens is 2. The lowest BCUT2D eigenvalue weighted by Gasteiger charge is -2.32. The lowest BCUT2D eigenvalue weighted by atomic mass is 9.74. The molecule has 0 radical (unpaired) electrons. The molecule has 1 unspecified atom stereocenters. The van der Waals surface area contributed by atoms with E-state index < -0.39 is 0 Å². The van der Waals surface area contributed by atoms with Crippen molar-refractivity contribution in [1.29, 1.82) is 0 Å². The van der Waals surface area contributed by atoms with Crippen LogP contribution in [0.1, 0.15) is 26.3 Å². The Hall–Kier alpha value is -0.600. The van der Waals surface area contributed by atoms with E-state index >= 15 is 0 Å². The Bertz CT molecular complexity index is 365. The predicted octanol–water partition coefficient (Wildman–Crippen LogP) is 3.64. The molecule has 0 aliphatic rings. The van der Waals surface area contributed by atoms with Gasteiger partial charge in [0.15, 0.2) is 0 Å². The fourth-order valence-electron chi connectivity index (χ4n) is 1.63. The fraction of sp³-hybridized carbons (Fsp3) is 0.538. The van der Waals surface area contributed by atoms with Gasteiger partial charge in [-0.15, -0.1) is 0 Å². The maximum atomic E-state index is 13.0. The highest BCUT2D eigenvalue weighted by Crippen LogP contribution is 2.31. The summed E-state index contributed by atoms with van der Waals surface area (Å²) in [5.41, 5.74) is 6.88. The molecule has 0 aliphatic carbocycles. The first kappa shape index (κ1) is 13.5. The maximum absolute atomic E-state index is 13.0. The van der Waals surface area contributed by atoms with E-state index in [0.717, 1.165) is 12.0 Å². The topological polar surface area (TPSA) is 26.0 Å². The Balaban J connectivity index is 2.90. The summed E-state index contributed by atoms with van der Waals surface area (Å²) in [4.78, 5) is 0. The van der Waals surface area contributed by atoms with Crippen LogP contribution in [0.15, 0.2) is 18.2 Å². The Morgan fingerprint density at radius 2 is 2.06 bits per heavy atom. The number of nitrogens with two attached hydrogens (primary N) is 1. The normalized spacial score (nSPS) is 15.2. The van der Waals surface area contributed by atoms with Crippen molar-refractivity contribution in [3.05, 3.63) is 34.6 Å². The van der Waals surface area contributed by atoms with Crippen molar-refractivity contribution in [1.82, 2.24) is 0 Å². The summed E-state index contributed by atoms with van der Waals surface area (Å²) in [7, 11) is 0. The second-order valence-corrected chi connectivity index (χ2v) is 5.35. The van der Waals surface area contributed by atoms with Crippen molar-refractivity contribution < 1.29 is 4.39 Å². The number of rotatable bonds is 4. The highest BCUT2D eigenvalue weighted by molar-refractivity contribution is 6.30. The van der Waals surface area contributed by atoms with Crippen LogP contribution in [0.25, 0.3) is 0 Å². The summed E-state index contributed by atoms with van der Waals surface area (Å²) in [6.45, 7) is 7.06. The number of hydrogen-bond donors (Lipinski definition) is 1. The molecule has 0 bridgehead atoms. The lowest BCUT2D eigenvalue weighted by Crippen LogP contribution is -2.34. The van der Waals surface area contributed by atoms with Crippen LogP contribution in [0.3, 0.4) is 0 Å². The SMILES string of the molecule is CC(C)C(C)(CN)Cc1ccc(F)c(Cl)c1. The van der Waals surface area contributed by atoms with Crippen molar-refractivity contribution in [3.63, 3.8) is 0 Å². The summed E-state index contributed by atoms with van der Waals surface area (Å²) in [5, 5.41) is 0.181. The largest absolute Gasteiger partial charge is 0.330 e. The average Bonchev–Trinajstić information content (AvgIpc) is 2.23. The molecule has 0 fully saturated rings. The average molecular weight is 244 g/mol. The van der Waals surface area contributed by atoms with E-state index in [1.165, 1.54) is 6.07 Å². The van der Waals surface area contributed by atoms with Gasteiger partial charge >= 0.3 is 0 Å². The molecule has 0 aromatic heterocycles. The third kappa shape index (κ3) is 2.96. The third-order valence-electron chi connectivity index (χ3n) is 3.45. The second-order valence-electron chi connectivity index (χ2n) is 4.94. The van der Waals surface area contributed by atoms with E-state index in [2.05, 4.69) is 20.8 Å². The van der Waals surface area contributed by atoms with Gasteiger partial charge in [-0.25, -0.2) is 4.39 Å². The molecular formula is C13H19ClFN. The predicted molar refractivity (Wildman–Crippen MR) is 67.1 cm³/mol. The van der Waals surface area contributed by atoms with Gasteiger partial charge in [-0.1, -0.05) is 38.4 Å². The zero-order chi connectivity index (χ0) is 12.3. The molecule has 1 aromatic carbocycles. The molecule has 0 aliphatic heterocycles. The number of benzene rings is 1. The van der Waals surface area contributed by atoms with Gasteiger partial charge in [0.05, 0.1) is 5.02 Å². The quantitative estimate of drug-likeness (QED) is 0.859. The van der Waals surface area contributed by atoms with Crippen LogP contribution >= 0.6 is 11.6 Å². The van der Waals surface area contributed by atoms with Crippen molar-refractivity contribution >= 4 is 11.6 Å². The molecule has 16 heavy (non-hydrogen) atoms. The van der Waals surface area contributed by atoms with Gasteiger partial charge < -0.3 is 5.73 Å². The van der Waals surface area contributed by atoms with Gasteiger partial charge in [-0.2, -0.15) is 0 Å². The minimum absolute atomic E-state index is 0.0289. The zero-order valence-electron chi connectivity index (χ0n) is 10.1. The molecule has 90 valence electrons. The molecule has 0 saturated carbocycles. The Labute approximate surface area is 102 Å². The molecule has 3 heteroatoms. The lowest BCUT2D eigenvalue weighted by molar-refractivity contribution is 0.227. The van der Waals surface area contributed by atoms with Crippen LogP contribution in [0, 0.1) is 17.2 Å². The van der Waals surface area contributed by atoms with Crippen molar-refractivity contribution in [2.24, 2.45) is 17.1 Å². The van der Waals surface area contributed by atoms with E-state index in [-0.39, 0.29) is 16.3 Å². The second kappa shape index (κ2) is 5.15. The third-order valence-corrected chi connectivity index (χ3v) is 3.74.